The first-order chi connectivity index (χ1) is 11.6. The lowest BCUT2D eigenvalue weighted by Crippen LogP contribution is -2.24. The van der Waals surface area contributed by atoms with E-state index in [2.05, 4.69) is 10.4 Å². The van der Waals surface area contributed by atoms with Crippen LogP contribution in [-0.2, 0) is 4.79 Å². The largest absolute Gasteiger partial charge is 0.310 e. The van der Waals surface area contributed by atoms with Crippen LogP contribution in [0.15, 0.2) is 54.7 Å². The van der Waals surface area contributed by atoms with E-state index in [0.29, 0.717) is 11.4 Å². The van der Waals surface area contributed by atoms with Crippen molar-refractivity contribution < 1.29 is 4.79 Å². The van der Waals surface area contributed by atoms with E-state index in [9.17, 15) is 4.79 Å². The quantitative estimate of drug-likeness (QED) is 0.757. The van der Waals surface area contributed by atoms with Crippen molar-refractivity contribution in [2.24, 2.45) is 0 Å². The molecular weight excluding hydrogens is 322 g/mol. The summed E-state index contributed by atoms with van der Waals surface area (Å²) < 4.78 is 1.77. The maximum Gasteiger partial charge on any atom is 0.226 e. The second kappa shape index (κ2) is 5.80. The minimum absolute atomic E-state index is 0.0266. The smallest absolute Gasteiger partial charge is 0.226 e. The molecule has 120 valence electrons. The Morgan fingerprint density at radius 1 is 1.12 bits per heavy atom. The van der Waals surface area contributed by atoms with Gasteiger partial charge in [-0.3, -0.25) is 4.79 Å². The van der Waals surface area contributed by atoms with E-state index >= 15 is 0 Å². The third-order valence-electron chi connectivity index (χ3n) is 4.38. The first kappa shape index (κ1) is 15.0. The number of nitrogens with zero attached hydrogens (tertiary/aromatic N) is 2. The maximum absolute atomic E-state index is 12.3. The van der Waals surface area contributed by atoms with E-state index in [-0.39, 0.29) is 11.8 Å². The van der Waals surface area contributed by atoms with Crippen LogP contribution < -0.4 is 5.32 Å². The molecule has 1 amide bonds. The number of aryl methyl sites for hydroxylation is 1. The van der Waals surface area contributed by atoms with Crippen molar-refractivity contribution in [3.8, 4) is 5.69 Å². The first-order valence-corrected chi connectivity index (χ1v) is 8.20. The van der Waals surface area contributed by atoms with Gasteiger partial charge in [0, 0.05) is 22.9 Å². The molecule has 1 N–H and O–H groups in total. The van der Waals surface area contributed by atoms with Crippen molar-refractivity contribution in [3.05, 3.63) is 76.4 Å². The fourth-order valence-electron chi connectivity index (χ4n) is 3.14. The van der Waals surface area contributed by atoms with Gasteiger partial charge in [-0.2, -0.15) is 5.10 Å². The highest BCUT2D eigenvalue weighted by atomic mass is 35.5. The van der Waals surface area contributed by atoms with Gasteiger partial charge in [-0.05, 0) is 30.7 Å². The number of carbonyl (C=O) groups excluding carboxylic acids is 1. The summed E-state index contributed by atoms with van der Waals surface area (Å²) in [7, 11) is 0. The summed E-state index contributed by atoms with van der Waals surface area (Å²) in [5, 5.41) is 8.13. The summed E-state index contributed by atoms with van der Waals surface area (Å²) in [5.41, 5.74) is 4.04. The lowest BCUT2D eigenvalue weighted by molar-refractivity contribution is -0.116. The fraction of sp³-hybridized carbons (Fsp3) is 0.158. The summed E-state index contributed by atoms with van der Waals surface area (Å²) in [6.07, 6.45) is 2.19. The molecule has 1 aliphatic rings. The Kier molecular flexibility index (Phi) is 3.62. The van der Waals surface area contributed by atoms with Gasteiger partial charge in [-0.25, -0.2) is 4.68 Å². The molecule has 2 aromatic carbocycles. The SMILES string of the molecule is Cc1ccc(-n2ncc3c2NC(=O)C[C@H]3c2ccccc2Cl)cc1. The number of hydrogen-bond acceptors (Lipinski definition) is 2. The van der Waals surface area contributed by atoms with E-state index in [4.69, 9.17) is 11.6 Å². The van der Waals surface area contributed by atoms with Gasteiger partial charge in [0.15, 0.2) is 0 Å². The van der Waals surface area contributed by atoms with Crippen LogP contribution in [0.5, 0.6) is 0 Å². The second-order valence-electron chi connectivity index (χ2n) is 6.02. The van der Waals surface area contributed by atoms with Crippen molar-refractivity contribution in [3.63, 3.8) is 0 Å². The Balaban J connectivity index is 1.83. The highest BCUT2D eigenvalue weighted by molar-refractivity contribution is 6.31. The number of rotatable bonds is 2. The Hall–Kier alpha value is -2.59. The van der Waals surface area contributed by atoms with Crippen molar-refractivity contribution in [1.29, 1.82) is 0 Å². The van der Waals surface area contributed by atoms with E-state index in [1.165, 1.54) is 5.56 Å². The van der Waals surface area contributed by atoms with Gasteiger partial charge in [-0.1, -0.05) is 47.5 Å². The molecule has 0 bridgehead atoms. The van der Waals surface area contributed by atoms with Crippen molar-refractivity contribution in [2.75, 3.05) is 5.32 Å². The van der Waals surface area contributed by atoms with Gasteiger partial charge in [0.2, 0.25) is 5.91 Å². The molecule has 0 saturated carbocycles. The maximum atomic E-state index is 12.3. The van der Waals surface area contributed by atoms with Gasteiger partial charge in [0.1, 0.15) is 5.82 Å². The Morgan fingerprint density at radius 2 is 1.88 bits per heavy atom. The van der Waals surface area contributed by atoms with E-state index in [0.717, 1.165) is 22.6 Å². The topological polar surface area (TPSA) is 46.9 Å². The van der Waals surface area contributed by atoms with E-state index in [1.807, 2.05) is 61.7 Å². The highest BCUT2D eigenvalue weighted by Crippen LogP contribution is 2.40. The molecule has 0 saturated heterocycles. The van der Waals surface area contributed by atoms with Crippen LogP contribution in [-0.4, -0.2) is 15.7 Å². The monoisotopic (exact) mass is 337 g/mol. The lowest BCUT2D eigenvalue weighted by atomic mass is 9.87. The molecule has 1 aliphatic heterocycles. The van der Waals surface area contributed by atoms with Crippen LogP contribution in [0.4, 0.5) is 5.82 Å². The van der Waals surface area contributed by atoms with Crippen molar-refractivity contribution in [2.45, 2.75) is 19.3 Å². The molecule has 0 aliphatic carbocycles. The average Bonchev–Trinajstić information content (AvgIpc) is 2.99. The van der Waals surface area contributed by atoms with Crippen molar-refractivity contribution in [1.82, 2.24) is 9.78 Å². The number of carbonyl (C=O) groups is 1. The fourth-order valence-corrected chi connectivity index (χ4v) is 3.40. The zero-order valence-electron chi connectivity index (χ0n) is 13.2. The number of halogens is 1. The van der Waals surface area contributed by atoms with Crippen LogP contribution in [0.25, 0.3) is 5.69 Å². The molecule has 0 unspecified atom stereocenters. The zero-order valence-corrected chi connectivity index (χ0v) is 13.9. The zero-order chi connectivity index (χ0) is 16.7. The number of hydrogen-bond donors (Lipinski definition) is 1. The van der Waals surface area contributed by atoms with Gasteiger partial charge in [0.05, 0.1) is 11.9 Å². The molecular formula is C19H16ClN3O. The molecule has 2 heterocycles. The summed E-state index contributed by atoms with van der Waals surface area (Å²) >= 11 is 6.35. The summed E-state index contributed by atoms with van der Waals surface area (Å²) in [6.45, 7) is 2.04. The number of benzene rings is 2. The minimum atomic E-state index is -0.0818. The highest BCUT2D eigenvalue weighted by Gasteiger charge is 2.31. The van der Waals surface area contributed by atoms with Crippen LogP contribution in [0.2, 0.25) is 5.02 Å². The van der Waals surface area contributed by atoms with Gasteiger partial charge >= 0.3 is 0 Å². The molecule has 24 heavy (non-hydrogen) atoms. The number of aromatic nitrogens is 2. The van der Waals surface area contributed by atoms with Gasteiger partial charge in [-0.15, -0.1) is 0 Å². The number of nitrogens with one attached hydrogen (secondary N) is 1. The Morgan fingerprint density at radius 3 is 2.62 bits per heavy atom. The van der Waals surface area contributed by atoms with E-state index in [1.54, 1.807) is 4.68 Å². The van der Waals surface area contributed by atoms with Crippen LogP contribution in [0, 0.1) is 6.92 Å². The number of anilines is 1. The normalized spacial score (nSPS) is 16.6. The Labute approximate surface area is 145 Å². The standard InChI is InChI=1S/C19H16ClN3O/c1-12-6-8-13(9-7-12)23-19-16(11-21-23)15(10-18(24)22-19)14-4-2-3-5-17(14)20/h2-9,11,15H,10H2,1H3,(H,22,24)/t15-/m0/s1. The lowest BCUT2D eigenvalue weighted by Gasteiger charge is -2.24. The number of fused-ring (bicyclic) bond motifs is 1. The average molecular weight is 338 g/mol. The predicted octanol–water partition coefficient (Wildman–Crippen LogP) is 4.31. The van der Waals surface area contributed by atoms with E-state index < -0.39 is 0 Å². The summed E-state index contributed by atoms with van der Waals surface area (Å²) in [4.78, 5) is 12.3. The minimum Gasteiger partial charge on any atom is -0.310 e. The van der Waals surface area contributed by atoms with Gasteiger partial charge < -0.3 is 5.32 Å². The second-order valence-corrected chi connectivity index (χ2v) is 6.43. The molecule has 3 aromatic rings. The van der Waals surface area contributed by atoms with Crippen LogP contribution in [0.3, 0.4) is 0 Å². The molecule has 0 spiro atoms. The van der Waals surface area contributed by atoms with Crippen molar-refractivity contribution >= 4 is 23.3 Å². The molecule has 4 rings (SSSR count). The summed E-state index contributed by atoms with van der Waals surface area (Å²) in [5.74, 6) is 0.614. The number of amides is 1. The molecule has 1 aromatic heterocycles. The predicted molar refractivity (Wildman–Crippen MR) is 94.8 cm³/mol. The molecule has 0 fully saturated rings. The van der Waals surface area contributed by atoms with Gasteiger partial charge in [0.25, 0.3) is 0 Å². The molecule has 0 radical (unpaired) electrons. The van der Waals surface area contributed by atoms with Crippen LogP contribution >= 0.6 is 11.6 Å². The summed E-state index contributed by atoms with van der Waals surface area (Å²) in [6, 6.07) is 15.7. The Bertz CT molecular complexity index is 915. The third kappa shape index (κ3) is 2.49. The third-order valence-corrected chi connectivity index (χ3v) is 4.72. The van der Waals surface area contributed by atoms with Crippen LogP contribution in [0.1, 0.15) is 29.0 Å². The molecule has 4 nitrogen and oxygen atoms in total. The molecule has 1 atom stereocenters. The molecule has 5 heteroatoms. The first-order valence-electron chi connectivity index (χ1n) is 7.83.